The molecule has 90 valence electrons. The third-order valence-electron chi connectivity index (χ3n) is 2.57. The average molecular weight is 229 g/mol. The second-order valence-electron chi connectivity index (χ2n) is 3.94. The Morgan fingerprint density at radius 3 is 2.56 bits per heavy atom. The second-order valence-corrected chi connectivity index (χ2v) is 3.94. The van der Waals surface area contributed by atoms with Crippen LogP contribution in [0.1, 0.15) is 13.3 Å². The van der Waals surface area contributed by atoms with Gasteiger partial charge in [0, 0.05) is 20.0 Å². The van der Waals surface area contributed by atoms with Gasteiger partial charge < -0.3 is 21.1 Å². The highest BCUT2D eigenvalue weighted by molar-refractivity contribution is 5.86. The van der Waals surface area contributed by atoms with Crippen LogP contribution in [0.15, 0.2) is 0 Å². The van der Waals surface area contributed by atoms with Gasteiger partial charge in [0.05, 0.1) is 6.54 Å². The third-order valence-corrected chi connectivity index (χ3v) is 2.57. The Hall–Kier alpha value is -1.63. The highest BCUT2D eigenvalue weighted by Gasteiger charge is 2.42. The van der Waals surface area contributed by atoms with Crippen molar-refractivity contribution in [2.24, 2.45) is 5.73 Å². The molecule has 1 saturated heterocycles. The van der Waals surface area contributed by atoms with Gasteiger partial charge in [-0.15, -0.1) is 0 Å². The molecular weight excluding hydrogens is 214 g/mol. The van der Waals surface area contributed by atoms with Gasteiger partial charge >= 0.3 is 5.97 Å². The normalized spacial score (nSPS) is 24.2. The molecule has 0 spiro atoms. The fraction of sp³-hybridized carbons (Fsp3) is 0.667. The molecule has 1 aliphatic heterocycles. The van der Waals surface area contributed by atoms with Gasteiger partial charge in [0.1, 0.15) is 5.54 Å². The first kappa shape index (κ1) is 12.4. The zero-order chi connectivity index (χ0) is 12.3. The first-order valence-electron chi connectivity index (χ1n) is 4.89. The summed E-state index contributed by atoms with van der Waals surface area (Å²) in [7, 11) is 0. The van der Waals surface area contributed by atoms with Gasteiger partial charge in [-0.05, 0) is 6.42 Å². The van der Waals surface area contributed by atoms with Crippen molar-refractivity contribution in [2.75, 3.05) is 19.6 Å². The van der Waals surface area contributed by atoms with Crippen molar-refractivity contribution in [3.05, 3.63) is 0 Å². The van der Waals surface area contributed by atoms with E-state index >= 15 is 0 Å². The molecular formula is C9H15N3O4. The Labute approximate surface area is 92.6 Å². The number of nitrogens with two attached hydrogens (primary N) is 1. The summed E-state index contributed by atoms with van der Waals surface area (Å²) in [5, 5.41) is 11.2. The van der Waals surface area contributed by atoms with Crippen LogP contribution in [0, 0.1) is 0 Å². The summed E-state index contributed by atoms with van der Waals surface area (Å²) in [5.41, 5.74) is 4.25. The fourth-order valence-corrected chi connectivity index (χ4v) is 1.53. The number of carbonyl (C=O) groups is 3. The molecule has 0 aromatic carbocycles. The maximum Gasteiger partial charge on any atom is 0.325 e. The van der Waals surface area contributed by atoms with Crippen LogP contribution in [-0.2, 0) is 14.4 Å². The Bertz CT molecular complexity index is 331. The molecule has 0 aromatic rings. The van der Waals surface area contributed by atoms with Crippen molar-refractivity contribution in [1.29, 1.82) is 0 Å². The Morgan fingerprint density at radius 1 is 1.50 bits per heavy atom. The number of aliphatic carboxylic acids is 1. The lowest BCUT2D eigenvalue weighted by molar-refractivity contribution is -0.143. The molecule has 7 nitrogen and oxygen atoms in total. The van der Waals surface area contributed by atoms with Crippen molar-refractivity contribution in [2.45, 2.75) is 18.9 Å². The maximum atomic E-state index is 11.5. The van der Waals surface area contributed by atoms with Crippen LogP contribution < -0.4 is 11.1 Å². The molecule has 0 aliphatic carbocycles. The monoisotopic (exact) mass is 229 g/mol. The maximum absolute atomic E-state index is 11.5. The lowest BCUT2D eigenvalue weighted by Gasteiger charge is -2.20. The SMILES string of the molecule is CC(=O)NCC(=O)N1CC[C@@](N)(C(=O)O)C1. The number of hydrogen-bond acceptors (Lipinski definition) is 4. The van der Waals surface area contributed by atoms with Crippen molar-refractivity contribution < 1.29 is 19.5 Å². The van der Waals surface area contributed by atoms with Crippen molar-refractivity contribution >= 4 is 17.8 Å². The van der Waals surface area contributed by atoms with Gasteiger partial charge in [-0.2, -0.15) is 0 Å². The fourth-order valence-electron chi connectivity index (χ4n) is 1.53. The van der Waals surface area contributed by atoms with Crippen molar-refractivity contribution in [3.63, 3.8) is 0 Å². The molecule has 1 rings (SSSR count). The minimum Gasteiger partial charge on any atom is -0.480 e. The van der Waals surface area contributed by atoms with E-state index in [1.807, 2.05) is 0 Å². The number of likely N-dealkylation sites (tertiary alicyclic amines) is 1. The quantitative estimate of drug-likeness (QED) is 0.525. The molecule has 0 saturated carbocycles. The lowest BCUT2D eigenvalue weighted by Crippen LogP contribution is -2.51. The number of carboxylic acid groups (broad SMARTS) is 1. The number of amides is 2. The lowest BCUT2D eigenvalue weighted by atomic mass is 10.0. The Balaban J connectivity index is 2.50. The predicted molar refractivity (Wildman–Crippen MR) is 54.4 cm³/mol. The summed E-state index contributed by atoms with van der Waals surface area (Å²) in [4.78, 5) is 34.3. The van der Waals surface area contributed by atoms with Crippen LogP contribution in [0.4, 0.5) is 0 Å². The molecule has 16 heavy (non-hydrogen) atoms. The van der Waals surface area contributed by atoms with Gasteiger partial charge in [0.25, 0.3) is 0 Å². The van der Waals surface area contributed by atoms with Gasteiger partial charge in [0.15, 0.2) is 0 Å². The van der Waals surface area contributed by atoms with Gasteiger partial charge in [-0.25, -0.2) is 0 Å². The minimum absolute atomic E-state index is 0.0131. The topological polar surface area (TPSA) is 113 Å². The highest BCUT2D eigenvalue weighted by Crippen LogP contribution is 2.18. The smallest absolute Gasteiger partial charge is 0.325 e. The summed E-state index contributed by atoms with van der Waals surface area (Å²) >= 11 is 0. The molecule has 0 radical (unpaired) electrons. The summed E-state index contributed by atoms with van der Waals surface area (Å²) in [6.07, 6.45) is 0.230. The van der Waals surface area contributed by atoms with Crippen LogP contribution in [0.25, 0.3) is 0 Å². The summed E-state index contributed by atoms with van der Waals surface area (Å²) in [5.74, 6) is -1.73. The molecule has 0 aromatic heterocycles. The van der Waals surface area contributed by atoms with E-state index in [1.165, 1.54) is 11.8 Å². The number of nitrogens with zero attached hydrogens (tertiary/aromatic N) is 1. The first-order chi connectivity index (χ1) is 7.35. The van der Waals surface area contributed by atoms with E-state index in [4.69, 9.17) is 10.8 Å². The van der Waals surface area contributed by atoms with E-state index < -0.39 is 11.5 Å². The molecule has 1 aliphatic rings. The number of carbonyl (C=O) groups excluding carboxylic acids is 2. The van der Waals surface area contributed by atoms with E-state index in [0.717, 1.165) is 0 Å². The predicted octanol–water partition coefficient (Wildman–Crippen LogP) is -1.86. The summed E-state index contributed by atoms with van der Waals surface area (Å²) in [6, 6.07) is 0. The van der Waals surface area contributed by atoms with Gasteiger partial charge in [0.2, 0.25) is 11.8 Å². The van der Waals surface area contributed by atoms with Crippen LogP contribution in [-0.4, -0.2) is 53.0 Å². The second kappa shape index (κ2) is 4.48. The van der Waals surface area contributed by atoms with E-state index in [-0.39, 0.29) is 31.3 Å². The largest absolute Gasteiger partial charge is 0.480 e. The number of hydrogen-bond donors (Lipinski definition) is 3. The van der Waals surface area contributed by atoms with E-state index in [9.17, 15) is 14.4 Å². The molecule has 0 bridgehead atoms. The average Bonchev–Trinajstić information content (AvgIpc) is 2.59. The third kappa shape index (κ3) is 2.69. The van der Waals surface area contributed by atoms with Crippen LogP contribution in [0.2, 0.25) is 0 Å². The number of rotatable bonds is 3. The molecule has 1 fully saturated rings. The molecule has 7 heteroatoms. The molecule has 2 amide bonds. The number of nitrogens with one attached hydrogen (secondary N) is 1. The van der Waals surface area contributed by atoms with Gasteiger partial charge in [-0.3, -0.25) is 14.4 Å². The first-order valence-corrected chi connectivity index (χ1v) is 4.89. The Kier molecular flexibility index (Phi) is 3.48. The summed E-state index contributed by atoms with van der Waals surface area (Å²) < 4.78 is 0. The molecule has 4 N–H and O–H groups in total. The molecule has 1 atom stereocenters. The minimum atomic E-state index is -1.36. The van der Waals surface area contributed by atoms with Crippen LogP contribution in [0.3, 0.4) is 0 Å². The number of carboxylic acids is 1. The Morgan fingerprint density at radius 2 is 2.12 bits per heavy atom. The van der Waals surface area contributed by atoms with Crippen molar-refractivity contribution in [3.8, 4) is 0 Å². The van der Waals surface area contributed by atoms with Crippen LogP contribution >= 0.6 is 0 Å². The van der Waals surface area contributed by atoms with Gasteiger partial charge in [-0.1, -0.05) is 0 Å². The van der Waals surface area contributed by atoms with E-state index in [0.29, 0.717) is 6.54 Å². The van der Waals surface area contributed by atoms with E-state index in [2.05, 4.69) is 5.32 Å². The van der Waals surface area contributed by atoms with Crippen LogP contribution in [0.5, 0.6) is 0 Å². The van der Waals surface area contributed by atoms with Crippen molar-refractivity contribution in [1.82, 2.24) is 10.2 Å². The van der Waals surface area contributed by atoms with E-state index in [1.54, 1.807) is 0 Å². The highest BCUT2D eigenvalue weighted by atomic mass is 16.4. The summed E-state index contributed by atoms with van der Waals surface area (Å²) in [6.45, 7) is 1.48. The molecule has 1 heterocycles. The molecule has 0 unspecified atom stereocenters. The zero-order valence-corrected chi connectivity index (χ0v) is 9.02. The zero-order valence-electron chi connectivity index (χ0n) is 9.02. The standard InChI is InChI=1S/C9H15N3O4/c1-6(13)11-4-7(14)12-3-2-9(10,5-12)8(15)16/h2-5,10H2,1H3,(H,11,13)(H,15,16)/t9-/m0/s1.